The summed E-state index contributed by atoms with van der Waals surface area (Å²) in [5, 5.41) is 20.2. The number of carboxylic acids is 2. The van der Waals surface area contributed by atoms with Gasteiger partial charge in [0.05, 0.1) is 18.8 Å². The second kappa shape index (κ2) is 12.2. The van der Waals surface area contributed by atoms with E-state index in [-0.39, 0.29) is 5.60 Å². The van der Waals surface area contributed by atoms with Crippen molar-refractivity contribution in [3.63, 3.8) is 0 Å². The van der Waals surface area contributed by atoms with E-state index in [1.807, 2.05) is 0 Å². The second-order valence-electron chi connectivity index (χ2n) is 9.50. The molecule has 1 aromatic carbocycles. The van der Waals surface area contributed by atoms with Gasteiger partial charge in [0.2, 0.25) is 5.88 Å². The lowest BCUT2D eigenvalue weighted by Crippen LogP contribution is -2.42. The molecule has 9 heteroatoms. The van der Waals surface area contributed by atoms with Crippen LogP contribution >= 0.6 is 0 Å². The first kappa shape index (κ1) is 25.9. The van der Waals surface area contributed by atoms with Gasteiger partial charge in [-0.05, 0) is 62.6 Å². The summed E-state index contributed by atoms with van der Waals surface area (Å²) in [5.74, 6) is -1.70. The zero-order chi connectivity index (χ0) is 25.4. The highest BCUT2D eigenvalue weighted by molar-refractivity contribution is 5.89. The highest BCUT2D eigenvalue weighted by atomic mass is 16.5. The Balaban J connectivity index is 0.000000331. The van der Waals surface area contributed by atoms with Crippen LogP contribution in [0.3, 0.4) is 0 Å². The third-order valence-corrected chi connectivity index (χ3v) is 7.06. The molecule has 1 fully saturated rings. The number of unbranched alkanes of at least 4 members (excludes halogenated alkanes) is 1. The molecular weight excluding hydrogens is 462 g/mol. The fourth-order valence-corrected chi connectivity index (χ4v) is 5.15. The summed E-state index contributed by atoms with van der Waals surface area (Å²) >= 11 is 0. The van der Waals surface area contributed by atoms with Crippen molar-refractivity contribution in [2.45, 2.75) is 63.7 Å². The minimum atomic E-state index is -1.26. The lowest BCUT2D eigenvalue weighted by molar-refractivity contribution is -0.134. The van der Waals surface area contributed by atoms with Gasteiger partial charge in [0.25, 0.3) is 0 Å². The molecule has 5 rings (SSSR count). The fourth-order valence-electron chi connectivity index (χ4n) is 5.15. The quantitative estimate of drug-likeness (QED) is 0.420. The zero-order valence-electron chi connectivity index (χ0n) is 20.6. The number of hydrogen-bond donors (Lipinski definition) is 2. The van der Waals surface area contributed by atoms with Gasteiger partial charge in [-0.15, -0.1) is 5.10 Å². The average molecular weight is 498 g/mol. The Kier molecular flexibility index (Phi) is 8.77. The second-order valence-corrected chi connectivity index (χ2v) is 9.50. The molecule has 0 radical (unpaired) electrons. The Hall–Kier alpha value is -3.17. The minimum absolute atomic E-state index is 0.0174. The highest BCUT2D eigenvalue weighted by Gasteiger charge is 2.42. The Morgan fingerprint density at radius 2 is 1.81 bits per heavy atom. The van der Waals surface area contributed by atoms with Crippen LogP contribution in [0, 0.1) is 0 Å². The molecule has 36 heavy (non-hydrogen) atoms. The first-order valence-corrected chi connectivity index (χ1v) is 12.7. The maximum atomic E-state index is 9.55. The molecule has 3 aliphatic rings. The van der Waals surface area contributed by atoms with Crippen LogP contribution in [-0.2, 0) is 39.5 Å². The number of fused-ring (bicyclic) bond motifs is 3. The number of piperidine rings is 1. The predicted molar refractivity (Wildman–Crippen MR) is 133 cm³/mol. The monoisotopic (exact) mass is 497 g/mol. The van der Waals surface area contributed by atoms with E-state index in [1.54, 1.807) is 0 Å². The van der Waals surface area contributed by atoms with Crippen LogP contribution in [-0.4, -0.2) is 63.1 Å². The molecule has 194 valence electrons. The number of aryl methyl sites for hydroxylation is 2. The van der Waals surface area contributed by atoms with E-state index in [0.29, 0.717) is 12.2 Å². The zero-order valence-corrected chi connectivity index (χ0v) is 20.6. The van der Waals surface area contributed by atoms with Gasteiger partial charge in [0.1, 0.15) is 0 Å². The number of hydrogen-bond acceptors (Lipinski definition) is 6. The van der Waals surface area contributed by atoms with Crippen LogP contribution in [0.15, 0.2) is 42.5 Å². The van der Waals surface area contributed by atoms with Gasteiger partial charge in [-0.25, -0.2) is 9.59 Å². The predicted octanol–water partition coefficient (Wildman–Crippen LogP) is 3.61. The maximum absolute atomic E-state index is 9.55. The number of benzene rings is 1. The molecule has 9 nitrogen and oxygen atoms in total. The summed E-state index contributed by atoms with van der Waals surface area (Å²) in [6.45, 7) is 6.01. The van der Waals surface area contributed by atoms with Crippen LogP contribution in [0.5, 0.6) is 5.88 Å². The molecular formula is C27H35N3O6. The number of likely N-dealkylation sites (tertiary alicyclic amines) is 1. The van der Waals surface area contributed by atoms with Crippen molar-refractivity contribution in [2.75, 3.05) is 26.2 Å². The number of nitrogens with zero attached hydrogens (tertiary/aromatic N) is 3. The number of rotatable bonds is 8. The van der Waals surface area contributed by atoms with Gasteiger partial charge in [-0.2, -0.15) is 0 Å². The van der Waals surface area contributed by atoms with E-state index >= 15 is 0 Å². The first-order chi connectivity index (χ1) is 17.4. The first-order valence-electron chi connectivity index (χ1n) is 12.7. The van der Waals surface area contributed by atoms with E-state index in [2.05, 4.69) is 45.0 Å². The maximum Gasteiger partial charge on any atom is 0.328 e. The van der Waals surface area contributed by atoms with Gasteiger partial charge in [0, 0.05) is 43.5 Å². The molecule has 1 saturated heterocycles. The summed E-state index contributed by atoms with van der Waals surface area (Å²) in [6.07, 6.45) is 9.26. The number of carbonyl (C=O) groups is 2. The summed E-state index contributed by atoms with van der Waals surface area (Å²) in [7, 11) is 0. The number of aliphatic carboxylic acids is 2. The topological polar surface area (TPSA) is 114 Å². The van der Waals surface area contributed by atoms with Crippen LogP contribution in [0.1, 0.15) is 55.3 Å². The van der Waals surface area contributed by atoms with Crippen molar-refractivity contribution in [2.24, 2.45) is 0 Å². The van der Waals surface area contributed by atoms with Crippen molar-refractivity contribution in [3.05, 3.63) is 59.3 Å². The fraction of sp³-hybridized carbons (Fsp3) is 0.519. The van der Waals surface area contributed by atoms with Gasteiger partial charge in [-0.1, -0.05) is 24.3 Å². The Morgan fingerprint density at radius 1 is 1.06 bits per heavy atom. The third-order valence-electron chi connectivity index (χ3n) is 7.06. The summed E-state index contributed by atoms with van der Waals surface area (Å²) < 4.78 is 14.3. The molecule has 0 saturated carbocycles. The minimum Gasteiger partial charge on any atom is -0.478 e. The SMILES string of the molecule is O=C(O)/C=C\C(=O)O.c1ccc2c(c1)COC21CCN(CCCCOc2cc3n(n2)CCCC3)CC1. The van der Waals surface area contributed by atoms with Gasteiger partial charge < -0.3 is 24.6 Å². The summed E-state index contributed by atoms with van der Waals surface area (Å²) in [5.41, 5.74) is 4.13. The third kappa shape index (κ3) is 6.73. The Bertz CT molecular complexity index is 1030. The number of ether oxygens (including phenoxy) is 2. The van der Waals surface area contributed by atoms with Gasteiger partial charge in [-0.3, -0.25) is 4.68 Å². The molecule has 1 aromatic heterocycles. The summed E-state index contributed by atoms with van der Waals surface area (Å²) in [4.78, 5) is 21.7. The van der Waals surface area contributed by atoms with Crippen LogP contribution in [0.2, 0.25) is 0 Å². The molecule has 0 bridgehead atoms. The molecule has 4 heterocycles. The molecule has 0 amide bonds. The van der Waals surface area contributed by atoms with Crippen molar-refractivity contribution < 1.29 is 29.3 Å². The largest absolute Gasteiger partial charge is 0.478 e. The highest BCUT2D eigenvalue weighted by Crippen LogP contribution is 2.43. The molecule has 0 atom stereocenters. The Morgan fingerprint density at radius 3 is 2.53 bits per heavy atom. The van der Waals surface area contributed by atoms with E-state index < -0.39 is 11.9 Å². The lowest BCUT2D eigenvalue weighted by atomic mass is 9.84. The molecule has 2 N–H and O–H groups in total. The van der Waals surface area contributed by atoms with Crippen LogP contribution in [0.4, 0.5) is 0 Å². The molecule has 1 spiro atoms. The molecule has 0 unspecified atom stereocenters. The Labute approximate surface area is 211 Å². The van der Waals surface area contributed by atoms with E-state index in [0.717, 1.165) is 71.0 Å². The standard InChI is InChI=1S/C23H31N3O2.C4H4O4/c1-2-9-21-19(7-1)18-28-23(21)10-14-25(15-11-23)12-5-6-16-27-22-17-20-8-3-4-13-26(20)24-22;5-3(6)1-2-4(7)8/h1-2,7,9,17H,3-6,8,10-16,18H2;1-2H,(H,5,6)(H,7,8)/b;2-1-. The van der Waals surface area contributed by atoms with E-state index in [9.17, 15) is 9.59 Å². The van der Waals surface area contributed by atoms with Crippen LogP contribution < -0.4 is 4.74 Å². The van der Waals surface area contributed by atoms with Gasteiger partial charge >= 0.3 is 11.9 Å². The average Bonchev–Trinajstić information content (AvgIpc) is 3.46. The smallest absolute Gasteiger partial charge is 0.328 e. The van der Waals surface area contributed by atoms with Crippen molar-refractivity contribution in [3.8, 4) is 5.88 Å². The van der Waals surface area contributed by atoms with Gasteiger partial charge in [0.15, 0.2) is 0 Å². The molecule has 3 aliphatic heterocycles. The van der Waals surface area contributed by atoms with Crippen LogP contribution in [0.25, 0.3) is 0 Å². The van der Waals surface area contributed by atoms with Crippen molar-refractivity contribution in [1.29, 1.82) is 0 Å². The number of carboxylic acid groups (broad SMARTS) is 2. The molecule has 2 aromatic rings. The lowest BCUT2D eigenvalue weighted by Gasteiger charge is -2.39. The van der Waals surface area contributed by atoms with Crippen molar-refractivity contribution in [1.82, 2.24) is 14.7 Å². The van der Waals surface area contributed by atoms with Crippen molar-refractivity contribution >= 4 is 11.9 Å². The van der Waals surface area contributed by atoms with E-state index in [1.165, 1.54) is 36.1 Å². The normalized spacial score (nSPS) is 18.3. The summed E-state index contributed by atoms with van der Waals surface area (Å²) in [6, 6.07) is 10.9. The van der Waals surface area contributed by atoms with E-state index in [4.69, 9.17) is 19.7 Å². The number of aromatic nitrogens is 2. The molecule has 0 aliphatic carbocycles.